The number of hydrogen-bond acceptors (Lipinski definition) is 6. The van der Waals surface area contributed by atoms with Crippen molar-refractivity contribution < 1.29 is 26.8 Å². The van der Waals surface area contributed by atoms with Crippen LogP contribution in [0.25, 0.3) is 11.4 Å². The highest BCUT2D eigenvalue weighted by Crippen LogP contribution is 2.31. The van der Waals surface area contributed by atoms with Crippen LogP contribution in [-0.4, -0.2) is 34.9 Å². The molecule has 146 valence electrons. The van der Waals surface area contributed by atoms with E-state index >= 15 is 0 Å². The smallest absolute Gasteiger partial charge is 0.377 e. The van der Waals surface area contributed by atoms with Gasteiger partial charge in [-0.3, -0.25) is 0 Å². The number of morpholine rings is 1. The first-order valence-corrected chi connectivity index (χ1v) is 8.39. The molecular formula is C18H14F4N4O2. The van der Waals surface area contributed by atoms with Crippen LogP contribution in [0.15, 0.2) is 47.1 Å². The average molecular weight is 394 g/mol. The second-order valence-corrected chi connectivity index (χ2v) is 6.17. The van der Waals surface area contributed by atoms with Crippen molar-refractivity contribution in [1.29, 1.82) is 0 Å². The molecule has 10 heteroatoms. The van der Waals surface area contributed by atoms with E-state index in [1.807, 2.05) is 11.0 Å². The fraction of sp³-hybridized carbons (Fsp3) is 0.278. The fourth-order valence-electron chi connectivity index (χ4n) is 3.01. The molecule has 1 unspecified atom stereocenters. The SMILES string of the molecule is Fc1cccc(C2COCCN2c2ccc(-c3noc(C(F)(F)F)n3)cn2)c1. The van der Waals surface area contributed by atoms with Crippen molar-refractivity contribution in [1.82, 2.24) is 15.1 Å². The molecule has 0 amide bonds. The number of hydrogen-bond donors (Lipinski definition) is 0. The highest BCUT2D eigenvalue weighted by Gasteiger charge is 2.38. The minimum Gasteiger partial charge on any atom is -0.377 e. The molecule has 3 heterocycles. The molecule has 1 aliphatic rings. The summed E-state index contributed by atoms with van der Waals surface area (Å²) >= 11 is 0. The van der Waals surface area contributed by atoms with E-state index in [4.69, 9.17) is 4.74 Å². The van der Waals surface area contributed by atoms with E-state index in [1.54, 1.807) is 18.2 Å². The van der Waals surface area contributed by atoms with E-state index in [2.05, 4.69) is 19.6 Å². The lowest BCUT2D eigenvalue weighted by Crippen LogP contribution is -2.40. The summed E-state index contributed by atoms with van der Waals surface area (Å²) in [6, 6.07) is 9.22. The highest BCUT2D eigenvalue weighted by atomic mass is 19.4. The molecule has 0 saturated carbocycles. The molecule has 1 saturated heterocycles. The maximum absolute atomic E-state index is 13.6. The van der Waals surface area contributed by atoms with Gasteiger partial charge in [0.2, 0.25) is 5.82 Å². The van der Waals surface area contributed by atoms with Crippen LogP contribution in [0.5, 0.6) is 0 Å². The normalized spacial score (nSPS) is 17.7. The molecule has 0 bridgehead atoms. The lowest BCUT2D eigenvalue weighted by molar-refractivity contribution is -0.159. The zero-order chi connectivity index (χ0) is 19.7. The van der Waals surface area contributed by atoms with Gasteiger partial charge in [0.1, 0.15) is 11.6 Å². The Bertz CT molecular complexity index is 959. The summed E-state index contributed by atoms with van der Waals surface area (Å²) in [6.45, 7) is 1.38. The standard InChI is InChI=1S/C18H14F4N4O2/c19-13-3-1-2-11(8-13)14-10-27-7-6-26(14)15-5-4-12(9-23-15)16-24-17(28-25-16)18(20,21)22/h1-5,8-9,14H,6-7,10H2. The number of anilines is 1. The summed E-state index contributed by atoms with van der Waals surface area (Å²) < 4.78 is 61.2. The molecule has 0 radical (unpaired) electrons. The van der Waals surface area contributed by atoms with Crippen LogP contribution in [0, 0.1) is 5.82 Å². The number of pyridine rings is 1. The first-order chi connectivity index (χ1) is 13.4. The van der Waals surface area contributed by atoms with Gasteiger partial charge >= 0.3 is 12.1 Å². The van der Waals surface area contributed by atoms with Crippen molar-refractivity contribution >= 4 is 5.82 Å². The predicted octanol–water partition coefficient (Wildman–Crippen LogP) is 3.87. The van der Waals surface area contributed by atoms with Crippen LogP contribution in [0.2, 0.25) is 0 Å². The van der Waals surface area contributed by atoms with Gasteiger partial charge in [-0.05, 0) is 29.8 Å². The summed E-state index contributed by atoms with van der Waals surface area (Å²) in [5, 5.41) is 3.35. The Kier molecular flexibility index (Phi) is 4.71. The van der Waals surface area contributed by atoms with Crippen molar-refractivity contribution in [2.45, 2.75) is 12.2 Å². The van der Waals surface area contributed by atoms with Crippen LogP contribution >= 0.6 is 0 Å². The van der Waals surface area contributed by atoms with Crippen LogP contribution in [0.1, 0.15) is 17.5 Å². The van der Waals surface area contributed by atoms with Crippen LogP contribution in [-0.2, 0) is 10.9 Å². The molecule has 1 atom stereocenters. The Morgan fingerprint density at radius 2 is 2.00 bits per heavy atom. The molecule has 1 aromatic carbocycles. The van der Waals surface area contributed by atoms with Crippen molar-refractivity contribution in [3.05, 3.63) is 59.9 Å². The van der Waals surface area contributed by atoms with Crippen molar-refractivity contribution in [3.8, 4) is 11.4 Å². The minimum atomic E-state index is -4.70. The topological polar surface area (TPSA) is 64.3 Å². The Hall–Kier alpha value is -3.01. The molecular weight excluding hydrogens is 380 g/mol. The fourth-order valence-corrected chi connectivity index (χ4v) is 3.01. The van der Waals surface area contributed by atoms with E-state index in [-0.39, 0.29) is 17.7 Å². The number of nitrogens with zero attached hydrogens (tertiary/aromatic N) is 4. The van der Waals surface area contributed by atoms with E-state index in [1.165, 1.54) is 18.3 Å². The van der Waals surface area contributed by atoms with Gasteiger partial charge in [0, 0.05) is 18.3 Å². The van der Waals surface area contributed by atoms with Crippen LogP contribution < -0.4 is 4.90 Å². The monoisotopic (exact) mass is 394 g/mol. The molecule has 2 aromatic heterocycles. The largest absolute Gasteiger partial charge is 0.471 e. The summed E-state index contributed by atoms with van der Waals surface area (Å²) in [7, 11) is 0. The number of benzene rings is 1. The first-order valence-electron chi connectivity index (χ1n) is 8.39. The second kappa shape index (κ2) is 7.19. The van der Waals surface area contributed by atoms with Gasteiger partial charge in [-0.25, -0.2) is 9.37 Å². The third-order valence-corrected chi connectivity index (χ3v) is 4.33. The van der Waals surface area contributed by atoms with Gasteiger partial charge in [-0.15, -0.1) is 0 Å². The van der Waals surface area contributed by atoms with Gasteiger partial charge in [-0.2, -0.15) is 18.2 Å². The molecule has 1 fully saturated rings. The lowest BCUT2D eigenvalue weighted by Gasteiger charge is -2.36. The molecule has 0 spiro atoms. The second-order valence-electron chi connectivity index (χ2n) is 6.17. The molecule has 4 rings (SSSR count). The zero-order valence-corrected chi connectivity index (χ0v) is 14.4. The number of aromatic nitrogens is 3. The average Bonchev–Trinajstić information content (AvgIpc) is 3.19. The Morgan fingerprint density at radius 1 is 1.14 bits per heavy atom. The highest BCUT2D eigenvalue weighted by molar-refractivity contribution is 5.56. The van der Waals surface area contributed by atoms with Gasteiger partial charge in [-0.1, -0.05) is 17.3 Å². The minimum absolute atomic E-state index is 0.199. The number of ether oxygens (including phenoxy) is 1. The van der Waals surface area contributed by atoms with Gasteiger partial charge < -0.3 is 14.2 Å². The molecule has 0 aliphatic carbocycles. The Labute approximate surface area is 156 Å². The maximum Gasteiger partial charge on any atom is 0.471 e. The molecule has 28 heavy (non-hydrogen) atoms. The van der Waals surface area contributed by atoms with Gasteiger partial charge in [0.15, 0.2) is 0 Å². The zero-order valence-electron chi connectivity index (χ0n) is 14.4. The molecule has 0 N–H and O–H groups in total. The van der Waals surface area contributed by atoms with E-state index in [0.717, 1.165) is 5.56 Å². The number of rotatable bonds is 3. The van der Waals surface area contributed by atoms with E-state index in [9.17, 15) is 17.6 Å². The van der Waals surface area contributed by atoms with Crippen molar-refractivity contribution in [2.75, 3.05) is 24.7 Å². The quantitative estimate of drug-likeness (QED) is 0.629. The van der Waals surface area contributed by atoms with Crippen LogP contribution in [0.3, 0.4) is 0 Å². The Morgan fingerprint density at radius 3 is 2.68 bits per heavy atom. The third kappa shape index (κ3) is 3.68. The van der Waals surface area contributed by atoms with Crippen LogP contribution in [0.4, 0.5) is 23.4 Å². The number of halogens is 4. The summed E-state index contributed by atoms with van der Waals surface area (Å²) in [5.41, 5.74) is 1.04. The third-order valence-electron chi connectivity index (χ3n) is 4.33. The summed E-state index contributed by atoms with van der Waals surface area (Å²) in [4.78, 5) is 9.63. The van der Waals surface area contributed by atoms with Crippen molar-refractivity contribution in [2.24, 2.45) is 0 Å². The van der Waals surface area contributed by atoms with Crippen molar-refractivity contribution in [3.63, 3.8) is 0 Å². The maximum atomic E-state index is 13.6. The molecule has 6 nitrogen and oxygen atoms in total. The van der Waals surface area contributed by atoms with Gasteiger partial charge in [0.05, 0.1) is 19.3 Å². The predicted molar refractivity (Wildman–Crippen MR) is 89.8 cm³/mol. The number of alkyl halides is 3. The lowest BCUT2D eigenvalue weighted by atomic mass is 10.0. The first kappa shape index (κ1) is 18.4. The summed E-state index contributed by atoms with van der Waals surface area (Å²) in [6.07, 6.45) is -3.33. The molecule has 3 aromatic rings. The van der Waals surface area contributed by atoms with E-state index < -0.39 is 12.1 Å². The molecule has 1 aliphatic heterocycles. The van der Waals surface area contributed by atoms with E-state index in [0.29, 0.717) is 31.1 Å². The summed E-state index contributed by atoms with van der Waals surface area (Å²) in [5.74, 6) is -1.37. The Balaban J connectivity index is 1.59. The van der Waals surface area contributed by atoms with Gasteiger partial charge in [0.25, 0.3) is 0 Å².